The van der Waals surface area contributed by atoms with Crippen LogP contribution in [0.25, 0.3) is 0 Å². The van der Waals surface area contributed by atoms with Crippen LogP contribution in [0.3, 0.4) is 0 Å². The van der Waals surface area contributed by atoms with Gasteiger partial charge >= 0.3 is 0 Å². The predicted molar refractivity (Wildman–Crippen MR) is 93.4 cm³/mol. The highest BCUT2D eigenvalue weighted by Gasteiger charge is 2.34. The van der Waals surface area contributed by atoms with Crippen LogP contribution in [0.4, 0.5) is 0 Å². The number of hydrogen-bond acceptors (Lipinski definition) is 4. The van der Waals surface area contributed by atoms with Crippen LogP contribution < -0.4 is 10.6 Å². The van der Waals surface area contributed by atoms with Gasteiger partial charge in [0.05, 0.1) is 11.9 Å². The van der Waals surface area contributed by atoms with E-state index in [1.165, 1.54) is 0 Å². The van der Waals surface area contributed by atoms with E-state index in [-0.39, 0.29) is 28.8 Å². The van der Waals surface area contributed by atoms with Crippen LogP contribution in [-0.4, -0.2) is 16.8 Å². The fourth-order valence-corrected chi connectivity index (χ4v) is 4.65. The van der Waals surface area contributed by atoms with Crippen molar-refractivity contribution in [2.24, 2.45) is 0 Å². The van der Waals surface area contributed by atoms with Crippen molar-refractivity contribution in [2.45, 2.75) is 33.1 Å². The van der Waals surface area contributed by atoms with E-state index in [1.54, 1.807) is 43.3 Å². The molecule has 4 nitrogen and oxygen atoms in total. The first-order valence-electron chi connectivity index (χ1n) is 7.58. The van der Waals surface area contributed by atoms with Gasteiger partial charge in [-0.25, -0.2) is 0 Å². The van der Waals surface area contributed by atoms with Crippen molar-refractivity contribution in [1.82, 2.24) is 0 Å². The third-order valence-corrected chi connectivity index (χ3v) is 6.26. The molecule has 0 spiro atoms. The first-order chi connectivity index (χ1) is 10.7. The zero-order chi connectivity index (χ0) is 17.3. The molecule has 5 heteroatoms. The smallest absolute Gasteiger partial charge is 0.265 e. The lowest BCUT2D eigenvalue weighted by Gasteiger charge is -2.24. The van der Waals surface area contributed by atoms with Crippen LogP contribution in [0.2, 0.25) is 0 Å². The molecule has 0 radical (unpaired) electrons. The summed E-state index contributed by atoms with van der Waals surface area (Å²) < 4.78 is 19.0. The summed E-state index contributed by atoms with van der Waals surface area (Å²) in [5, 5.41) is 21.4. The minimum absolute atomic E-state index is 0.121. The van der Waals surface area contributed by atoms with E-state index in [0.717, 1.165) is 0 Å². The molecular formula is C18H23O4P. The minimum atomic E-state index is -3.47. The summed E-state index contributed by atoms with van der Waals surface area (Å²) in [5.41, 5.74) is 0.248. The summed E-state index contributed by atoms with van der Waals surface area (Å²) in [6.07, 6.45) is 0. The predicted octanol–water partition coefficient (Wildman–Crippen LogP) is 3.66. The van der Waals surface area contributed by atoms with E-state index in [9.17, 15) is 14.8 Å². The fourth-order valence-electron chi connectivity index (χ4n) is 2.50. The molecule has 1 atom stereocenters. The summed E-state index contributed by atoms with van der Waals surface area (Å²) in [6.45, 7) is 7.77. The lowest BCUT2D eigenvalue weighted by molar-refractivity contribution is 0.345. The average molecular weight is 334 g/mol. The molecule has 0 unspecified atom stereocenters. The highest BCUT2D eigenvalue weighted by molar-refractivity contribution is 7.74. The molecule has 2 rings (SSSR count). The van der Waals surface area contributed by atoms with Crippen molar-refractivity contribution >= 4 is 18.0 Å². The van der Waals surface area contributed by atoms with E-state index >= 15 is 0 Å². The molecule has 0 aliphatic heterocycles. The van der Waals surface area contributed by atoms with Gasteiger partial charge in [-0.1, -0.05) is 45.0 Å². The van der Waals surface area contributed by atoms with E-state index in [1.807, 2.05) is 26.8 Å². The van der Waals surface area contributed by atoms with Gasteiger partial charge in [0.25, 0.3) is 7.37 Å². The Hall–Kier alpha value is -1.77. The third-order valence-electron chi connectivity index (χ3n) is 3.66. The van der Waals surface area contributed by atoms with Gasteiger partial charge in [-0.2, -0.15) is 0 Å². The standard InChI is InChI=1S/C18H23O4P/c1-5-22-23(21,13-9-7-6-8-10-13)15-12-11-14(18(2,3)4)16(19)17(15)20/h6-12,19-20H,5H2,1-4H3/t23-/m1/s1. The SMILES string of the molecule is CCO[P@](=O)(c1ccccc1)c1ccc(C(C)(C)C)c(O)c1O. The van der Waals surface area contributed by atoms with Gasteiger partial charge in [0.2, 0.25) is 0 Å². The number of rotatable bonds is 4. The van der Waals surface area contributed by atoms with Crippen LogP contribution in [0, 0.1) is 0 Å². The van der Waals surface area contributed by atoms with Crippen LogP contribution in [0.1, 0.15) is 33.3 Å². The Morgan fingerprint density at radius 1 is 1.00 bits per heavy atom. The summed E-state index contributed by atoms with van der Waals surface area (Å²) >= 11 is 0. The van der Waals surface area contributed by atoms with Crippen LogP contribution in [-0.2, 0) is 14.5 Å². The Morgan fingerprint density at radius 3 is 2.13 bits per heavy atom. The molecule has 0 saturated carbocycles. The van der Waals surface area contributed by atoms with Gasteiger partial charge in [0, 0.05) is 10.9 Å². The van der Waals surface area contributed by atoms with Gasteiger partial charge in [-0.3, -0.25) is 4.57 Å². The summed E-state index contributed by atoms with van der Waals surface area (Å²) in [5.74, 6) is -0.621. The highest BCUT2D eigenvalue weighted by Crippen LogP contribution is 2.50. The van der Waals surface area contributed by atoms with Crippen molar-refractivity contribution in [2.75, 3.05) is 6.61 Å². The number of phenolic OH excluding ortho intramolecular Hbond substituents is 2. The summed E-state index contributed by atoms with van der Waals surface area (Å²) in [6, 6.07) is 12.0. The molecule has 2 N–H and O–H groups in total. The highest BCUT2D eigenvalue weighted by atomic mass is 31.2. The minimum Gasteiger partial charge on any atom is -0.504 e. The largest absolute Gasteiger partial charge is 0.504 e. The molecule has 0 aliphatic carbocycles. The van der Waals surface area contributed by atoms with Gasteiger partial charge in [-0.05, 0) is 30.5 Å². The molecule has 2 aromatic carbocycles. The molecule has 0 amide bonds. The first kappa shape index (κ1) is 17.6. The fraction of sp³-hybridized carbons (Fsp3) is 0.333. The van der Waals surface area contributed by atoms with Gasteiger partial charge < -0.3 is 14.7 Å². The van der Waals surface area contributed by atoms with E-state index < -0.39 is 7.37 Å². The maximum atomic E-state index is 13.5. The second kappa shape index (κ2) is 6.38. The molecule has 0 saturated heterocycles. The van der Waals surface area contributed by atoms with E-state index in [0.29, 0.717) is 10.9 Å². The maximum Gasteiger partial charge on any atom is 0.265 e. The number of benzene rings is 2. The van der Waals surface area contributed by atoms with E-state index in [4.69, 9.17) is 4.52 Å². The second-order valence-corrected chi connectivity index (χ2v) is 8.74. The van der Waals surface area contributed by atoms with Gasteiger partial charge in [0.1, 0.15) is 0 Å². The molecule has 0 aromatic heterocycles. The molecule has 2 aromatic rings. The zero-order valence-corrected chi connectivity index (χ0v) is 14.8. The zero-order valence-electron chi connectivity index (χ0n) is 13.9. The normalized spacial score (nSPS) is 14.4. The first-order valence-corrected chi connectivity index (χ1v) is 9.20. The van der Waals surface area contributed by atoms with Crippen LogP contribution >= 0.6 is 7.37 Å². The number of aromatic hydroxyl groups is 2. The molecule has 124 valence electrons. The van der Waals surface area contributed by atoms with Crippen molar-refractivity contribution in [3.63, 3.8) is 0 Å². The van der Waals surface area contributed by atoms with Crippen molar-refractivity contribution in [3.05, 3.63) is 48.0 Å². The number of phenols is 2. The Bertz CT molecular complexity index is 733. The Labute approximate surface area is 137 Å². The molecule has 0 heterocycles. The summed E-state index contributed by atoms with van der Waals surface area (Å²) in [7, 11) is -3.47. The average Bonchev–Trinajstić information content (AvgIpc) is 2.49. The Balaban J connectivity index is 2.67. The molecule has 0 fully saturated rings. The monoisotopic (exact) mass is 334 g/mol. The lowest BCUT2D eigenvalue weighted by Crippen LogP contribution is -2.20. The maximum absolute atomic E-state index is 13.5. The Morgan fingerprint density at radius 2 is 1.61 bits per heavy atom. The second-order valence-electron chi connectivity index (χ2n) is 6.38. The Kier molecular flexibility index (Phi) is 4.88. The van der Waals surface area contributed by atoms with Gasteiger partial charge in [0.15, 0.2) is 11.5 Å². The molecule has 0 aliphatic rings. The van der Waals surface area contributed by atoms with Crippen molar-refractivity contribution < 1.29 is 19.3 Å². The molecular weight excluding hydrogens is 311 g/mol. The third kappa shape index (κ3) is 3.29. The lowest BCUT2D eigenvalue weighted by atomic mass is 9.86. The van der Waals surface area contributed by atoms with E-state index in [2.05, 4.69) is 0 Å². The van der Waals surface area contributed by atoms with Crippen LogP contribution in [0.15, 0.2) is 42.5 Å². The van der Waals surface area contributed by atoms with Crippen molar-refractivity contribution in [1.29, 1.82) is 0 Å². The molecule has 0 bridgehead atoms. The molecule has 23 heavy (non-hydrogen) atoms. The van der Waals surface area contributed by atoms with Gasteiger partial charge in [-0.15, -0.1) is 0 Å². The quantitative estimate of drug-likeness (QED) is 0.661. The summed E-state index contributed by atoms with van der Waals surface area (Å²) in [4.78, 5) is 0. The van der Waals surface area contributed by atoms with Crippen LogP contribution in [0.5, 0.6) is 11.5 Å². The van der Waals surface area contributed by atoms with Crippen molar-refractivity contribution in [3.8, 4) is 11.5 Å². The topological polar surface area (TPSA) is 66.8 Å². The number of hydrogen-bond donors (Lipinski definition) is 2.